The zero-order chi connectivity index (χ0) is 17.9. The SMILES string of the molecule is CCCc1cc(N2CCN(c3ccccc3OC)CC2)n2ncnc2n1. The lowest BCUT2D eigenvalue weighted by Crippen LogP contribution is -2.47. The van der Waals surface area contributed by atoms with Gasteiger partial charge in [-0.25, -0.2) is 4.98 Å². The Morgan fingerprint density at radius 3 is 2.62 bits per heavy atom. The quantitative estimate of drug-likeness (QED) is 0.703. The van der Waals surface area contributed by atoms with Crippen molar-refractivity contribution in [3.8, 4) is 5.75 Å². The van der Waals surface area contributed by atoms with Gasteiger partial charge in [-0.2, -0.15) is 14.6 Å². The van der Waals surface area contributed by atoms with Crippen LogP contribution in [0.5, 0.6) is 5.75 Å². The van der Waals surface area contributed by atoms with Gasteiger partial charge in [-0.3, -0.25) is 0 Å². The van der Waals surface area contributed by atoms with Crippen LogP contribution < -0.4 is 14.5 Å². The fraction of sp³-hybridized carbons (Fsp3) is 0.421. The van der Waals surface area contributed by atoms with E-state index in [1.807, 2.05) is 16.6 Å². The summed E-state index contributed by atoms with van der Waals surface area (Å²) in [7, 11) is 1.72. The van der Waals surface area contributed by atoms with Crippen LogP contribution in [0.4, 0.5) is 11.5 Å². The zero-order valence-corrected chi connectivity index (χ0v) is 15.3. The van der Waals surface area contributed by atoms with E-state index in [0.29, 0.717) is 5.78 Å². The van der Waals surface area contributed by atoms with Crippen molar-refractivity contribution in [2.75, 3.05) is 43.1 Å². The van der Waals surface area contributed by atoms with Crippen LogP contribution in [0.25, 0.3) is 5.78 Å². The molecular weight excluding hydrogens is 328 g/mol. The van der Waals surface area contributed by atoms with E-state index in [1.54, 1.807) is 13.4 Å². The molecule has 0 saturated carbocycles. The molecule has 0 amide bonds. The van der Waals surface area contributed by atoms with Crippen molar-refractivity contribution in [3.63, 3.8) is 0 Å². The van der Waals surface area contributed by atoms with Crippen LogP contribution in [0, 0.1) is 0 Å². The Morgan fingerprint density at radius 1 is 1.08 bits per heavy atom. The maximum absolute atomic E-state index is 5.51. The fourth-order valence-corrected chi connectivity index (χ4v) is 3.52. The third-order valence-corrected chi connectivity index (χ3v) is 4.82. The number of aromatic nitrogens is 4. The average molecular weight is 352 g/mol. The number of hydrogen-bond donors (Lipinski definition) is 0. The van der Waals surface area contributed by atoms with Crippen molar-refractivity contribution in [2.24, 2.45) is 0 Å². The second kappa shape index (κ2) is 7.19. The van der Waals surface area contributed by atoms with Crippen molar-refractivity contribution in [1.29, 1.82) is 0 Å². The van der Waals surface area contributed by atoms with Gasteiger partial charge in [-0.15, -0.1) is 0 Å². The lowest BCUT2D eigenvalue weighted by molar-refractivity contribution is 0.413. The minimum absolute atomic E-state index is 0.679. The second-order valence-corrected chi connectivity index (χ2v) is 6.47. The minimum atomic E-state index is 0.679. The molecule has 3 aromatic rings. The van der Waals surface area contributed by atoms with Gasteiger partial charge in [-0.05, 0) is 18.6 Å². The van der Waals surface area contributed by atoms with Crippen LogP contribution in [0.1, 0.15) is 19.0 Å². The standard InChI is InChI=1S/C19H24N6O/c1-3-6-15-13-18(25-19(22-15)20-14-21-25)24-11-9-23(10-12-24)16-7-4-5-8-17(16)26-2/h4-5,7-8,13-14H,3,6,9-12H2,1-2H3. The molecule has 7 nitrogen and oxygen atoms in total. The Hall–Kier alpha value is -2.83. The highest BCUT2D eigenvalue weighted by Gasteiger charge is 2.22. The molecular formula is C19H24N6O. The fourth-order valence-electron chi connectivity index (χ4n) is 3.52. The number of aryl methyl sites for hydroxylation is 1. The number of piperazine rings is 1. The largest absolute Gasteiger partial charge is 0.495 e. The van der Waals surface area contributed by atoms with Crippen molar-refractivity contribution in [1.82, 2.24) is 19.6 Å². The highest BCUT2D eigenvalue weighted by Crippen LogP contribution is 2.29. The van der Waals surface area contributed by atoms with E-state index < -0.39 is 0 Å². The van der Waals surface area contributed by atoms with E-state index in [-0.39, 0.29) is 0 Å². The maximum atomic E-state index is 5.51. The number of hydrogen-bond acceptors (Lipinski definition) is 6. The summed E-state index contributed by atoms with van der Waals surface area (Å²) in [6.45, 7) is 5.87. The van der Waals surface area contributed by atoms with Crippen LogP contribution in [0.15, 0.2) is 36.7 Å². The molecule has 1 aliphatic rings. The third-order valence-electron chi connectivity index (χ3n) is 4.82. The first-order chi connectivity index (χ1) is 12.8. The molecule has 0 aliphatic carbocycles. The summed E-state index contributed by atoms with van der Waals surface area (Å²) in [5.74, 6) is 2.68. The molecule has 7 heteroatoms. The molecule has 0 unspecified atom stereocenters. The molecule has 4 rings (SSSR count). The Balaban J connectivity index is 1.56. The van der Waals surface area contributed by atoms with Gasteiger partial charge in [0.2, 0.25) is 0 Å². The number of para-hydroxylation sites is 2. The van der Waals surface area contributed by atoms with Crippen molar-refractivity contribution < 1.29 is 4.74 Å². The van der Waals surface area contributed by atoms with Gasteiger partial charge in [-0.1, -0.05) is 25.5 Å². The van der Waals surface area contributed by atoms with Crippen molar-refractivity contribution in [2.45, 2.75) is 19.8 Å². The summed E-state index contributed by atoms with van der Waals surface area (Å²) in [5, 5.41) is 4.37. The van der Waals surface area contributed by atoms with E-state index in [4.69, 9.17) is 4.74 Å². The van der Waals surface area contributed by atoms with Crippen LogP contribution in [0.3, 0.4) is 0 Å². The predicted molar refractivity (Wildman–Crippen MR) is 102 cm³/mol. The Kier molecular flexibility index (Phi) is 4.60. The molecule has 1 aromatic carbocycles. The predicted octanol–water partition coefficient (Wildman–Crippen LogP) is 2.41. The van der Waals surface area contributed by atoms with Gasteiger partial charge in [0.15, 0.2) is 0 Å². The average Bonchev–Trinajstić information content (AvgIpc) is 3.16. The molecule has 3 heterocycles. The van der Waals surface area contributed by atoms with Crippen molar-refractivity contribution in [3.05, 3.63) is 42.4 Å². The van der Waals surface area contributed by atoms with Gasteiger partial charge >= 0.3 is 0 Å². The maximum Gasteiger partial charge on any atom is 0.254 e. The molecule has 0 N–H and O–H groups in total. The van der Waals surface area contributed by atoms with E-state index in [9.17, 15) is 0 Å². The number of ether oxygens (including phenoxy) is 1. The Bertz CT molecular complexity index is 885. The molecule has 1 fully saturated rings. The summed E-state index contributed by atoms with van der Waals surface area (Å²) in [6, 6.07) is 10.4. The lowest BCUT2D eigenvalue weighted by Gasteiger charge is -2.37. The monoisotopic (exact) mass is 352 g/mol. The summed E-state index contributed by atoms with van der Waals surface area (Å²) in [4.78, 5) is 13.6. The molecule has 0 spiro atoms. The van der Waals surface area contributed by atoms with E-state index in [1.165, 1.54) is 0 Å². The van der Waals surface area contributed by atoms with Crippen LogP contribution in [-0.2, 0) is 6.42 Å². The van der Waals surface area contributed by atoms with Gasteiger partial charge in [0, 0.05) is 37.9 Å². The lowest BCUT2D eigenvalue weighted by atomic mass is 10.2. The number of anilines is 2. The third kappa shape index (κ3) is 3.05. The molecule has 1 aliphatic heterocycles. The molecule has 0 atom stereocenters. The highest BCUT2D eigenvalue weighted by atomic mass is 16.5. The van der Waals surface area contributed by atoms with Gasteiger partial charge in [0.05, 0.1) is 12.8 Å². The number of benzene rings is 1. The summed E-state index contributed by atoms with van der Waals surface area (Å²) < 4.78 is 7.36. The zero-order valence-electron chi connectivity index (χ0n) is 15.3. The number of fused-ring (bicyclic) bond motifs is 1. The van der Waals surface area contributed by atoms with E-state index in [2.05, 4.69) is 50.0 Å². The smallest absolute Gasteiger partial charge is 0.254 e. The number of methoxy groups -OCH3 is 1. The first kappa shape index (κ1) is 16.6. The van der Waals surface area contributed by atoms with Crippen LogP contribution in [-0.4, -0.2) is 52.9 Å². The summed E-state index contributed by atoms with van der Waals surface area (Å²) in [5.41, 5.74) is 2.23. The number of rotatable bonds is 5. The highest BCUT2D eigenvalue weighted by molar-refractivity contribution is 5.60. The molecule has 0 radical (unpaired) electrons. The van der Waals surface area contributed by atoms with E-state index >= 15 is 0 Å². The topological polar surface area (TPSA) is 58.8 Å². The number of nitrogens with zero attached hydrogens (tertiary/aromatic N) is 6. The van der Waals surface area contributed by atoms with Gasteiger partial charge in [0.25, 0.3) is 5.78 Å². The van der Waals surface area contributed by atoms with Crippen LogP contribution >= 0.6 is 0 Å². The first-order valence-electron chi connectivity index (χ1n) is 9.12. The van der Waals surface area contributed by atoms with Gasteiger partial charge in [0.1, 0.15) is 17.9 Å². The summed E-state index contributed by atoms with van der Waals surface area (Å²) >= 11 is 0. The minimum Gasteiger partial charge on any atom is -0.495 e. The summed E-state index contributed by atoms with van der Waals surface area (Å²) in [6.07, 6.45) is 3.60. The Morgan fingerprint density at radius 2 is 1.85 bits per heavy atom. The van der Waals surface area contributed by atoms with Crippen molar-refractivity contribution >= 4 is 17.3 Å². The second-order valence-electron chi connectivity index (χ2n) is 6.47. The molecule has 0 bridgehead atoms. The molecule has 26 heavy (non-hydrogen) atoms. The Labute approximate surface area is 153 Å². The first-order valence-corrected chi connectivity index (χ1v) is 9.12. The van der Waals surface area contributed by atoms with E-state index in [0.717, 1.165) is 62.0 Å². The van der Waals surface area contributed by atoms with Gasteiger partial charge < -0.3 is 14.5 Å². The van der Waals surface area contributed by atoms with Crippen LogP contribution in [0.2, 0.25) is 0 Å². The normalized spacial score (nSPS) is 14.8. The molecule has 2 aromatic heterocycles. The molecule has 1 saturated heterocycles. The molecule has 136 valence electrons.